The van der Waals surface area contributed by atoms with Crippen LogP contribution >= 0.6 is 0 Å². The lowest BCUT2D eigenvalue weighted by Gasteiger charge is -2.13. The van der Waals surface area contributed by atoms with Gasteiger partial charge in [0.1, 0.15) is 0 Å². The molecule has 90 valence electrons. The summed E-state index contributed by atoms with van der Waals surface area (Å²) >= 11 is 0. The molecule has 1 rings (SSSR count). The highest BCUT2D eigenvalue weighted by Crippen LogP contribution is 2.44. The Bertz CT molecular complexity index is 287. The van der Waals surface area contributed by atoms with E-state index in [0.29, 0.717) is 13.2 Å². The van der Waals surface area contributed by atoms with Gasteiger partial charge in [-0.2, -0.15) is 13.1 Å². The Morgan fingerprint density at radius 2 is 2.07 bits per heavy atom. The summed E-state index contributed by atoms with van der Waals surface area (Å²) in [6.45, 7) is 0.920. The maximum absolute atomic E-state index is 11.3. The summed E-state index contributed by atoms with van der Waals surface area (Å²) in [5.74, 6) is 0. The Morgan fingerprint density at radius 3 is 2.53 bits per heavy atom. The highest BCUT2D eigenvalue weighted by Gasteiger charge is 2.42. The van der Waals surface area contributed by atoms with E-state index < -0.39 is 10.2 Å². The summed E-state index contributed by atoms with van der Waals surface area (Å²) < 4.78 is 32.2. The molecule has 0 amide bonds. The van der Waals surface area contributed by atoms with Crippen LogP contribution in [-0.4, -0.2) is 46.9 Å². The van der Waals surface area contributed by atoms with Crippen LogP contribution < -0.4 is 9.44 Å². The van der Waals surface area contributed by atoms with Crippen molar-refractivity contribution in [3.63, 3.8) is 0 Å². The van der Waals surface area contributed by atoms with Crippen molar-refractivity contribution in [3.8, 4) is 0 Å². The zero-order valence-corrected chi connectivity index (χ0v) is 9.64. The molecule has 0 bridgehead atoms. The summed E-state index contributed by atoms with van der Waals surface area (Å²) in [4.78, 5) is 0. The van der Waals surface area contributed by atoms with Gasteiger partial charge < -0.3 is 9.84 Å². The van der Waals surface area contributed by atoms with Crippen molar-refractivity contribution in [1.29, 1.82) is 0 Å². The molecule has 0 aliphatic heterocycles. The molecule has 0 unspecified atom stereocenters. The SMILES string of the molecule is COCCNS(=O)(=O)NCC1(CO)CC1. The predicted molar refractivity (Wildman–Crippen MR) is 55.6 cm³/mol. The molecule has 0 saturated heterocycles. The molecule has 1 saturated carbocycles. The molecular weight excluding hydrogens is 220 g/mol. The lowest BCUT2D eigenvalue weighted by molar-refractivity contribution is 0.203. The molecule has 0 spiro atoms. The fourth-order valence-corrected chi connectivity index (χ4v) is 2.10. The molecule has 3 N–H and O–H groups in total. The smallest absolute Gasteiger partial charge is 0.277 e. The zero-order valence-electron chi connectivity index (χ0n) is 8.82. The molecule has 15 heavy (non-hydrogen) atoms. The summed E-state index contributed by atoms with van der Waals surface area (Å²) in [7, 11) is -1.94. The van der Waals surface area contributed by atoms with Crippen LogP contribution in [0, 0.1) is 5.41 Å². The largest absolute Gasteiger partial charge is 0.396 e. The van der Waals surface area contributed by atoms with E-state index in [4.69, 9.17) is 9.84 Å². The van der Waals surface area contributed by atoms with Crippen LogP contribution in [0.1, 0.15) is 12.8 Å². The van der Waals surface area contributed by atoms with Crippen molar-refractivity contribution in [1.82, 2.24) is 9.44 Å². The molecular formula is C8H18N2O4S. The molecule has 1 fully saturated rings. The van der Waals surface area contributed by atoms with Crippen LogP contribution in [0.2, 0.25) is 0 Å². The number of hydrogen-bond acceptors (Lipinski definition) is 4. The Labute approximate surface area is 90.2 Å². The Hall–Kier alpha value is -0.210. The maximum Gasteiger partial charge on any atom is 0.277 e. The van der Waals surface area contributed by atoms with Crippen LogP contribution in [-0.2, 0) is 14.9 Å². The van der Waals surface area contributed by atoms with Crippen molar-refractivity contribution in [2.75, 3.05) is 33.4 Å². The summed E-state index contributed by atoms with van der Waals surface area (Å²) in [5.41, 5.74) is -0.212. The monoisotopic (exact) mass is 238 g/mol. The first-order valence-corrected chi connectivity index (χ1v) is 6.36. The fraction of sp³-hybridized carbons (Fsp3) is 1.00. The minimum atomic E-state index is -3.45. The number of aliphatic hydroxyl groups excluding tert-OH is 1. The molecule has 0 radical (unpaired) electrons. The standard InChI is InChI=1S/C8H18N2O4S/c1-14-5-4-9-15(12,13)10-6-8(7-11)2-3-8/h9-11H,2-7H2,1H3. The molecule has 6 nitrogen and oxygen atoms in total. The van der Waals surface area contributed by atoms with Gasteiger partial charge >= 0.3 is 0 Å². The van der Waals surface area contributed by atoms with Crippen molar-refractivity contribution in [2.24, 2.45) is 5.41 Å². The average Bonchev–Trinajstić information content (AvgIpc) is 2.96. The summed E-state index contributed by atoms with van der Waals surface area (Å²) in [6, 6.07) is 0. The normalized spacial score (nSPS) is 19.1. The van der Waals surface area contributed by atoms with E-state index in [1.54, 1.807) is 0 Å². The van der Waals surface area contributed by atoms with Gasteiger partial charge in [0.05, 0.1) is 6.61 Å². The third-order valence-electron chi connectivity index (χ3n) is 2.53. The quantitative estimate of drug-likeness (QED) is 0.465. The first kappa shape index (κ1) is 12.9. The second-order valence-electron chi connectivity index (χ2n) is 3.87. The van der Waals surface area contributed by atoms with Gasteiger partial charge in [-0.15, -0.1) is 0 Å². The second kappa shape index (κ2) is 5.22. The first-order valence-electron chi connectivity index (χ1n) is 4.88. The van der Waals surface area contributed by atoms with E-state index in [1.807, 2.05) is 0 Å². The lowest BCUT2D eigenvalue weighted by atomic mass is 10.1. The van der Waals surface area contributed by atoms with Gasteiger partial charge in [-0.25, -0.2) is 4.72 Å². The average molecular weight is 238 g/mol. The number of hydrogen-bond donors (Lipinski definition) is 3. The van der Waals surface area contributed by atoms with E-state index in [2.05, 4.69) is 9.44 Å². The van der Waals surface area contributed by atoms with Gasteiger partial charge in [0.25, 0.3) is 10.2 Å². The number of aliphatic hydroxyl groups is 1. The molecule has 1 aliphatic carbocycles. The topological polar surface area (TPSA) is 87.7 Å². The number of ether oxygens (including phenoxy) is 1. The predicted octanol–water partition coefficient (Wildman–Crippen LogP) is -1.17. The molecule has 1 aliphatic rings. The minimum Gasteiger partial charge on any atom is -0.396 e. The van der Waals surface area contributed by atoms with E-state index in [1.165, 1.54) is 7.11 Å². The summed E-state index contributed by atoms with van der Waals surface area (Å²) in [6.07, 6.45) is 1.76. The van der Waals surface area contributed by atoms with Gasteiger partial charge in [-0.1, -0.05) is 0 Å². The van der Waals surface area contributed by atoms with Crippen LogP contribution in [0.4, 0.5) is 0 Å². The fourth-order valence-electron chi connectivity index (χ4n) is 1.14. The Kier molecular flexibility index (Phi) is 4.47. The van der Waals surface area contributed by atoms with Gasteiger partial charge in [0.15, 0.2) is 0 Å². The molecule has 7 heteroatoms. The minimum absolute atomic E-state index is 0.0353. The molecule has 0 aromatic heterocycles. The zero-order chi connectivity index (χ0) is 11.4. The first-order chi connectivity index (χ1) is 7.04. The number of rotatable bonds is 8. The Balaban J connectivity index is 2.24. The molecule has 0 aromatic rings. The van der Waals surface area contributed by atoms with Gasteiger partial charge in [0, 0.05) is 32.2 Å². The van der Waals surface area contributed by atoms with E-state index in [9.17, 15) is 8.42 Å². The van der Waals surface area contributed by atoms with Crippen molar-refractivity contribution in [3.05, 3.63) is 0 Å². The van der Waals surface area contributed by atoms with Crippen LogP contribution in [0.5, 0.6) is 0 Å². The van der Waals surface area contributed by atoms with Crippen molar-refractivity contribution >= 4 is 10.2 Å². The second-order valence-corrected chi connectivity index (χ2v) is 5.45. The summed E-state index contributed by atoms with van der Waals surface area (Å²) in [5, 5.41) is 8.99. The third-order valence-corrected chi connectivity index (χ3v) is 3.64. The van der Waals surface area contributed by atoms with Gasteiger partial charge in [-0.3, -0.25) is 0 Å². The molecule has 0 atom stereocenters. The van der Waals surface area contributed by atoms with Crippen molar-refractivity contribution in [2.45, 2.75) is 12.8 Å². The van der Waals surface area contributed by atoms with E-state index in [-0.39, 0.29) is 18.6 Å². The lowest BCUT2D eigenvalue weighted by Crippen LogP contribution is -2.41. The molecule has 0 heterocycles. The number of nitrogens with one attached hydrogen (secondary N) is 2. The maximum atomic E-state index is 11.3. The van der Waals surface area contributed by atoms with E-state index in [0.717, 1.165) is 12.8 Å². The highest BCUT2D eigenvalue weighted by molar-refractivity contribution is 7.87. The van der Waals surface area contributed by atoms with Crippen molar-refractivity contribution < 1.29 is 18.3 Å². The molecule has 0 aromatic carbocycles. The third kappa shape index (κ3) is 4.43. The number of methoxy groups -OCH3 is 1. The van der Waals surface area contributed by atoms with Crippen LogP contribution in [0.15, 0.2) is 0 Å². The Morgan fingerprint density at radius 1 is 1.40 bits per heavy atom. The highest BCUT2D eigenvalue weighted by atomic mass is 32.2. The van der Waals surface area contributed by atoms with E-state index >= 15 is 0 Å². The van der Waals surface area contributed by atoms with Gasteiger partial charge in [-0.05, 0) is 12.8 Å². The van der Waals surface area contributed by atoms with Crippen LogP contribution in [0.25, 0.3) is 0 Å². The van der Waals surface area contributed by atoms with Gasteiger partial charge in [0.2, 0.25) is 0 Å². The van der Waals surface area contributed by atoms with Crippen LogP contribution in [0.3, 0.4) is 0 Å².